The Bertz CT molecular complexity index is 699. The van der Waals surface area contributed by atoms with Crippen LogP contribution in [0.5, 0.6) is 5.75 Å². The summed E-state index contributed by atoms with van der Waals surface area (Å²) in [4.78, 5) is 16.5. The highest BCUT2D eigenvalue weighted by molar-refractivity contribution is 5.94. The molecule has 0 saturated heterocycles. The van der Waals surface area contributed by atoms with Gasteiger partial charge in [0.25, 0.3) is 5.91 Å². The van der Waals surface area contributed by atoms with E-state index < -0.39 is 0 Å². The summed E-state index contributed by atoms with van der Waals surface area (Å²) in [5.41, 5.74) is 6.38. The van der Waals surface area contributed by atoms with Crippen molar-refractivity contribution in [2.45, 2.75) is 45.3 Å². The number of hydrogen-bond donors (Lipinski definition) is 2. The predicted molar refractivity (Wildman–Crippen MR) is 92.1 cm³/mol. The molecule has 1 heterocycles. The second-order valence-corrected chi connectivity index (χ2v) is 6.28. The van der Waals surface area contributed by atoms with Crippen LogP contribution in [0.25, 0.3) is 0 Å². The Kier molecular flexibility index (Phi) is 5.65. The smallest absolute Gasteiger partial charge is 0.251 e. The van der Waals surface area contributed by atoms with Crippen LogP contribution in [0.4, 0.5) is 0 Å². The maximum Gasteiger partial charge on any atom is 0.251 e. The van der Waals surface area contributed by atoms with Crippen LogP contribution in [-0.2, 0) is 13.0 Å². The van der Waals surface area contributed by atoms with Crippen LogP contribution in [0, 0.1) is 5.92 Å². The van der Waals surface area contributed by atoms with Gasteiger partial charge < -0.3 is 20.3 Å². The molecule has 134 valence electrons. The number of rotatable bonds is 7. The number of nitrogens with zero attached hydrogens (tertiary/aromatic N) is 2. The third kappa shape index (κ3) is 4.36. The van der Waals surface area contributed by atoms with Crippen molar-refractivity contribution in [2.75, 3.05) is 6.54 Å². The standard InChI is InChI=1S/C18H24N4O3/c1-2-17-21-16(22-25-17)11-24-14-8-6-12(7-9-14)18(23)20-15-5-3-4-13(15)10-19/h6-9,13,15H,2-5,10-11,19H2,1H3,(H,20,23). The van der Waals surface area contributed by atoms with E-state index in [1.54, 1.807) is 24.3 Å². The van der Waals surface area contributed by atoms with E-state index >= 15 is 0 Å². The van der Waals surface area contributed by atoms with Gasteiger partial charge >= 0.3 is 0 Å². The summed E-state index contributed by atoms with van der Waals surface area (Å²) in [6, 6.07) is 7.23. The fourth-order valence-corrected chi connectivity index (χ4v) is 3.10. The molecule has 1 saturated carbocycles. The molecule has 2 unspecified atom stereocenters. The molecular weight excluding hydrogens is 320 g/mol. The molecule has 3 N–H and O–H groups in total. The van der Waals surface area contributed by atoms with Gasteiger partial charge in [0, 0.05) is 18.0 Å². The minimum Gasteiger partial charge on any atom is -0.485 e. The minimum atomic E-state index is -0.0670. The molecule has 1 fully saturated rings. The molecule has 1 aromatic carbocycles. The molecule has 2 aromatic rings. The summed E-state index contributed by atoms with van der Waals surface area (Å²) in [6.07, 6.45) is 3.90. The highest BCUT2D eigenvalue weighted by Crippen LogP contribution is 2.25. The quantitative estimate of drug-likeness (QED) is 0.797. The molecule has 3 rings (SSSR count). The highest BCUT2D eigenvalue weighted by atomic mass is 16.5. The Morgan fingerprint density at radius 1 is 1.36 bits per heavy atom. The third-order valence-corrected chi connectivity index (χ3v) is 4.58. The molecule has 25 heavy (non-hydrogen) atoms. The third-order valence-electron chi connectivity index (χ3n) is 4.58. The van der Waals surface area contributed by atoms with Crippen molar-refractivity contribution in [1.29, 1.82) is 0 Å². The molecule has 0 aliphatic heterocycles. The molecular formula is C18H24N4O3. The lowest BCUT2D eigenvalue weighted by Gasteiger charge is -2.19. The summed E-state index contributed by atoms with van der Waals surface area (Å²) in [6.45, 7) is 2.80. The van der Waals surface area contributed by atoms with E-state index in [2.05, 4.69) is 15.5 Å². The molecule has 0 spiro atoms. The second kappa shape index (κ2) is 8.11. The van der Waals surface area contributed by atoms with Gasteiger partial charge in [-0.15, -0.1) is 0 Å². The average Bonchev–Trinajstić information content (AvgIpc) is 3.29. The molecule has 1 aliphatic rings. The van der Waals surface area contributed by atoms with Gasteiger partial charge in [-0.1, -0.05) is 18.5 Å². The summed E-state index contributed by atoms with van der Waals surface area (Å²) < 4.78 is 10.7. The number of benzene rings is 1. The fraction of sp³-hybridized carbons (Fsp3) is 0.500. The first-order chi connectivity index (χ1) is 12.2. The van der Waals surface area contributed by atoms with E-state index in [1.165, 1.54) is 0 Å². The first-order valence-electron chi connectivity index (χ1n) is 8.75. The van der Waals surface area contributed by atoms with Crippen LogP contribution in [-0.4, -0.2) is 28.6 Å². The zero-order chi connectivity index (χ0) is 17.6. The highest BCUT2D eigenvalue weighted by Gasteiger charge is 2.27. The van der Waals surface area contributed by atoms with Crippen molar-refractivity contribution in [3.63, 3.8) is 0 Å². The van der Waals surface area contributed by atoms with Crippen molar-refractivity contribution < 1.29 is 14.1 Å². The van der Waals surface area contributed by atoms with Crippen LogP contribution in [0.2, 0.25) is 0 Å². The molecule has 1 aliphatic carbocycles. The average molecular weight is 344 g/mol. The summed E-state index contributed by atoms with van der Waals surface area (Å²) >= 11 is 0. The van der Waals surface area contributed by atoms with Gasteiger partial charge in [-0.05, 0) is 49.6 Å². The van der Waals surface area contributed by atoms with Gasteiger partial charge in [-0.25, -0.2) is 0 Å². The number of hydrogen-bond acceptors (Lipinski definition) is 6. The zero-order valence-corrected chi connectivity index (χ0v) is 14.4. The largest absolute Gasteiger partial charge is 0.485 e. The van der Waals surface area contributed by atoms with Crippen molar-refractivity contribution in [1.82, 2.24) is 15.5 Å². The van der Waals surface area contributed by atoms with Crippen molar-refractivity contribution >= 4 is 5.91 Å². The van der Waals surface area contributed by atoms with Gasteiger partial charge in [0.2, 0.25) is 11.7 Å². The normalized spacial score (nSPS) is 19.8. The van der Waals surface area contributed by atoms with Crippen LogP contribution in [0.15, 0.2) is 28.8 Å². The fourth-order valence-electron chi connectivity index (χ4n) is 3.10. The lowest BCUT2D eigenvalue weighted by Crippen LogP contribution is -2.39. The second-order valence-electron chi connectivity index (χ2n) is 6.28. The molecule has 0 bridgehead atoms. The van der Waals surface area contributed by atoms with Crippen LogP contribution >= 0.6 is 0 Å². The minimum absolute atomic E-state index is 0.0670. The van der Waals surface area contributed by atoms with Crippen LogP contribution in [0.3, 0.4) is 0 Å². The lowest BCUT2D eigenvalue weighted by atomic mass is 10.0. The van der Waals surface area contributed by atoms with Gasteiger partial charge in [0.1, 0.15) is 5.75 Å². The predicted octanol–water partition coefficient (Wildman–Crippen LogP) is 2.07. The van der Waals surface area contributed by atoms with Gasteiger partial charge in [0.05, 0.1) is 0 Å². The SMILES string of the molecule is CCc1nc(COc2ccc(C(=O)NC3CCCC3CN)cc2)no1. The van der Waals surface area contributed by atoms with Gasteiger partial charge in [-0.3, -0.25) is 4.79 Å². The van der Waals surface area contributed by atoms with Crippen molar-refractivity contribution in [3.8, 4) is 5.75 Å². The van der Waals surface area contributed by atoms with Crippen LogP contribution < -0.4 is 15.8 Å². The number of aromatic nitrogens is 2. The van der Waals surface area contributed by atoms with Crippen LogP contribution in [0.1, 0.15) is 48.3 Å². The number of carbonyl (C=O) groups excluding carboxylic acids is 1. The maximum absolute atomic E-state index is 12.4. The number of aryl methyl sites for hydroxylation is 1. The van der Waals surface area contributed by atoms with Gasteiger partial charge in [0.15, 0.2) is 6.61 Å². The lowest BCUT2D eigenvalue weighted by molar-refractivity contribution is 0.0928. The molecule has 1 aromatic heterocycles. The topological polar surface area (TPSA) is 103 Å². The Balaban J connectivity index is 1.53. The van der Waals surface area contributed by atoms with E-state index in [9.17, 15) is 4.79 Å². The molecule has 7 nitrogen and oxygen atoms in total. The number of ether oxygens (including phenoxy) is 1. The number of carbonyl (C=O) groups is 1. The first kappa shape index (κ1) is 17.4. The summed E-state index contributed by atoms with van der Waals surface area (Å²) in [5.74, 6) is 2.07. The Hall–Kier alpha value is -2.41. The molecule has 1 amide bonds. The summed E-state index contributed by atoms with van der Waals surface area (Å²) in [5, 5.41) is 6.93. The Morgan fingerprint density at radius 3 is 2.84 bits per heavy atom. The molecule has 2 atom stereocenters. The number of nitrogens with two attached hydrogens (primary N) is 1. The van der Waals surface area contributed by atoms with E-state index in [0.29, 0.717) is 41.9 Å². The monoisotopic (exact) mass is 344 g/mol. The van der Waals surface area contributed by atoms with E-state index in [0.717, 1.165) is 19.3 Å². The van der Waals surface area contributed by atoms with E-state index in [-0.39, 0.29) is 18.6 Å². The number of nitrogens with one attached hydrogen (secondary N) is 1. The van der Waals surface area contributed by atoms with Crippen molar-refractivity contribution in [2.24, 2.45) is 11.7 Å². The zero-order valence-electron chi connectivity index (χ0n) is 14.4. The Labute approximate surface area is 146 Å². The van der Waals surface area contributed by atoms with E-state index in [1.807, 2.05) is 6.92 Å². The number of amides is 1. The van der Waals surface area contributed by atoms with Gasteiger partial charge in [-0.2, -0.15) is 4.98 Å². The first-order valence-corrected chi connectivity index (χ1v) is 8.75. The maximum atomic E-state index is 12.4. The molecule has 0 radical (unpaired) electrons. The summed E-state index contributed by atoms with van der Waals surface area (Å²) in [7, 11) is 0. The molecule has 7 heteroatoms. The van der Waals surface area contributed by atoms with Crippen molar-refractivity contribution in [3.05, 3.63) is 41.5 Å². The van der Waals surface area contributed by atoms with E-state index in [4.69, 9.17) is 15.0 Å². The Morgan fingerprint density at radius 2 is 2.16 bits per heavy atom.